The summed E-state index contributed by atoms with van der Waals surface area (Å²) in [5.41, 5.74) is 2.37. The minimum absolute atomic E-state index is 0. The van der Waals surface area contributed by atoms with Gasteiger partial charge in [0.1, 0.15) is 0 Å². The number of carbonyl (C=O) groups excluding carboxylic acids is 1. The lowest BCUT2D eigenvalue weighted by Crippen LogP contribution is -2.37. The van der Waals surface area contributed by atoms with E-state index in [1.807, 2.05) is 6.20 Å². The molecule has 1 fully saturated rings. The van der Waals surface area contributed by atoms with Crippen molar-refractivity contribution in [3.05, 3.63) is 17.5 Å². The van der Waals surface area contributed by atoms with E-state index < -0.39 is 0 Å². The second-order valence-electron chi connectivity index (χ2n) is 6.61. The Bertz CT molecular complexity index is 484. The normalized spacial score (nSPS) is 25.7. The van der Waals surface area contributed by atoms with Crippen LogP contribution in [0.4, 0.5) is 0 Å². The van der Waals surface area contributed by atoms with Gasteiger partial charge in [-0.05, 0) is 62.6 Å². The number of carbonyl (C=O) groups is 1. The zero-order valence-corrected chi connectivity index (χ0v) is 14.0. The molecular formula is C16H27ClN4O. The number of nitrogens with one attached hydrogen (secondary N) is 3. The number of fused-ring (bicyclic) bond motifs is 1. The van der Waals surface area contributed by atoms with E-state index in [9.17, 15) is 4.79 Å². The number of aryl methyl sites for hydroxylation is 1. The van der Waals surface area contributed by atoms with Crippen molar-refractivity contribution in [1.29, 1.82) is 0 Å². The van der Waals surface area contributed by atoms with Crippen LogP contribution in [0.25, 0.3) is 0 Å². The summed E-state index contributed by atoms with van der Waals surface area (Å²) in [6, 6.07) is 0.125. The number of halogens is 1. The first-order valence-electron chi connectivity index (χ1n) is 8.26. The second-order valence-corrected chi connectivity index (χ2v) is 6.61. The number of hydrogen-bond donors (Lipinski definition) is 3. The number of aromatic nitrogens is 2. The van der Waals surface area contributed by atoms with Gasteiger partial charge >= 0.3 is 0 Å². The molecule has 1 aromatic heterocycles. The quantitative estimate of drug-likeness (QED) is 0.795. The SMILES string of the molecule is CC(CC(=O)NC1CCCc2cn[nH]c21)C1CCCNC1.Cl. The van der Waals surface area contributed by atoms with E-state index in [1.165, 1.54) is 18.4 Å². The molecule has 1 aliphatic carbocycles. The molecule has 0 spiro atoms. The molecule has 2 aliphatic rings. The Morgan fingerprint density at radius 2 is 2.32 bits per heavy atom. The molecule has 6 heteroatoms. The van der Waals surface area contributed by atoms with Crippen molar-refractivity contribution in [3.8, 4) is 0 Å². The average Bonchev–Trinajstić information content (AvgIpc) is 2.97. The molecule has 2 heterocycles. The van der Waals surface area contributed by atoms with Gasteiger partial charge in [0.2, 0.25) is 5.91 Å². The van der Waals surface area contributed by atoms with Gasteiger partial charge in [0.05, 0.1) is 17.9 Å². The third-order valence-electron chi connectivity index (χ3n) is 5.02. The summed E-state index contributed by atoms with van der Waals surface area (Å²) in [7, 11) is 0. The number of piperidine rings is 1. The number of hydrogen-bond acceptors (Lipinski definition) is 3. The lowest BCUT2D eigenvalue weighted by Gasteiger charge is -2.29. The van der Waals surface area contributed by atoms with Crippen molar-refractivity contribution >= 4 is 18.3 Å². The van der Waals surface area contributed by atoms with Crippen molar-refractivity contribution in [2.75, 3.05) is 13.1 Å². The number of nitrogens with zero attached hydrogens (tertiary/aromatic N) is 1. The first kappa shape index (κ1) is 17.3. The van der Waals surface area contributed by atoms with Gasteiger partial charge in [-0.1, -0.05) is 6.92 Å². The average molecular weight is 327 g/mol. The van der Waals surface area contributed by atoms with Crippen LogP contribution in [-0.2, 0) is 11.2 Å². The molecule has 124 valence electrons. The van der Waals surface area contributed by atoms with Gasteiger partial charge in [-0.25, -0.2) is 0 Å². The molecule has 5 nitrogen and oxygen atoms in total. The summed E-state index contributed by atoms with van der Waals surface area (Å²) in [6.45, 7) is 4.39. The Morgan fingerprint density at radius 3 is 3.09 bits per heavy atom. The molecule has 0 bridgehead atoms. The van der Waals surface area contributed by atoms with Crippen LogP contribution < -0.4 is 10.6 Å². The Kier molecular flexibility index (Phi) is 6.26. The third kappa shape index (κ3) is 4.02. The van der Waals surface area contributed by atoms with Crippen molar-refractivity contribution < 1.29 is 4.79 Å². The van der Waals surface area contributed by atoms with Gasteiger partial charge in [-0.2, -0.15) is 5.10 Å². The predicted octanol–water partition coefficient (Wildman–Crippen LogP) is 2.35. The molecule has 0 radical (unpaired) electrons. The van der Waals surface area contributed by atoms with Crippen LogP contribution in [0.5, 0.6) is 0 Å². The van der Waals surface area contributed by atoms with Crippen LogP contribution >= 0.6 is 12.4 Å². The van der Waals surface area contributed by atoms with Gasteiger partial charge in [-0.15, -0.1) is 12.4 Å². The molecular weight excluding hydrogens is 300 g/mol. The van der Waals surface area contributed by atoms with Crippen molar-refractivity contribution in [3.63, 3.8) is 0 Å². The zero-order valence-electron chi connectivity index (χ0n) is 13.2. The van der Waals surface area contributed by atoms with Crippen molar-refractivity contribution in [2.24, 2.45) is 11.8 Å². The number of rotatable bonds is 4. The highest BCUT2D eigenvalue weighted by Gasteiger charge is 2.26. The second kappa shape index (κ2) is 7.97. The van der Waals surface area contributed by atoms with Crippen LogP contribution in [0.1, 0.15) is 56.3 Å². The van der Waals surface area contributed by atoms with Gasteiger partial charge in [0.15, 0.2) is 0 Å². The van der Waals surface area contributed by atoms with E-state index in [-0.39, 0.29) is 24.4 Å². The summed E-state index contributed by atoms with van der Waals surface area (Å²) < 4.78 is 0. The Morgan fingerprint density at radius 1 is 1.45 bits per heavy atom. The van der Waals surface area contributed by atoms with Crippen LogP contribution in [0.3, 0.4) is 0 Å². The fourth-order valence-electron chi connectivity index (χ4n) is 3.68. The lowest BCUT2D eigenvalue weighted by atomic mass is 9.85. The molecule has 1 aliphatic heterocycles. The number of amides is 1. The number of H-pyrrole nitrogens is 1. The molecule has 3 unspecified atom stereocenters. The van der Waals surface area contributed by atoms with Gasteiger partial charge in [0.25, 0.3) is 0 Å². The Labute approximate surface area is 138 Å². The van der Waals surface area contributed by atoms with E-state index in [4.69, 9.17) is 0 Å². The summed E-state index contributed by atoms with van der Waals surface area (Å²) in [6.07, 6.45) is 8.21. The monoisotopic (exact) mass is 326 g/mol. The molecule has 22 heavy (non-hydrogen) atoms. The van der Waals surface area contributed by atoms with Crippen LogP contribution in [-0.4, -0.2) is 29.2 Å². The fraction of sp³-hybridized carbons (Fsp3) is 0.750. The van der Waals surface area contributed by atoms with Crippen LogP contribution in [0.15, 0.2) is 6.20 Å². The standard InChI is InChI=1S/C16H26N4O.ClH/c1-11(12-5-3-7-17-9-12)8-15(21)19-14-6-2-4-13-10-18-20-16(13)14;/h10-12,14,17H,2-9H2,1H3,(H,18,20)(H,19,21);1H. The minimum Gasteiger partial charge on any atom is -0.348 e. The smallest absolute Gasteiger partial charge is 0.220 e. The maximum atomic E-state index is 12.3. The van der Waals surface area contributed by atoms with E-state index in [0.29, 0.717) is 18.3 Å². The molecule has 3 atom stereocenters. The highest BCUT2D eigenvalue weighted by Crippen LogP contribution is 2.28. The Balaban J connectivity index is 0.00000176. The summed E-state index contributed by atoms with van der Waals surface area (Å²) >= 11 is 0. The van der Waals surface area contributed by atoms with Crippen molar-refractivity contribution in [2.45, 2.75) is 51.5 Å². The molecule has 3 N–H and O–H groups in total. The summed E-state index contributed by atoms with van der Waals surface area (Å²) in [5.74, 6) is 1.27. The predicted molar refractivity (Wildman–Crippen MR) is 89.0 cm³/mol. The van der Waals surface area contributed by atoms with E-state index >= 15 is 0 Å². The van der Waals surface area contributed by atoms with E-state index in [1.54, 1.807) is 0 Å². The van der Waals surface area contributed by atoms with E-state index in [2.05, 4.69) is 27.8 Å². The van der Waals surface area contributed by atoms with Gasteiger partial charge in [-0.3, -0.25) is 9.89 Å². The van der Waals surface area contributed by atoms with E-state index in [0.717, 1.165) is 38.0 Å². The molecule has 1 aromatic rings. The largest absolute Gasteiger partial charge is 0.348 e. The maximum Gasteiger partial charge on any atom is 0.220 e. The Hall–Kier alpha value is -1.07. The fourth-order valence-corrected chi connectivity index (χ4v) is 3.68. The third-order valence-corrected chi connectivity index (χ3v) is 5.02. The van der Waals surface area contributed by atoms with Crippen molar-refractivity contribution in [1.82, 2.24) is 20.8 Å². The summed E-state index contributed by atoms with van der Waals surface area (Å²) in [4.78, 5) is 12.3. The highest BCUT2D eigenvalue weighted by molar-refractivity contribution is 5.85. The van der Waals surface area contributed by atoms with Crippen LogP contribution in [0.2, 0.25) is 0 Å². The first-order valence-corrected chi connectivity index (χ1v) is 8.26. The lowest BCUT2D eigenvalue weighted by molar-refractivity contribution is -0.123. The maximum absolute atomic E-state index is 12.3. The van der Waals surface area contributed by atoms with Gasteiger partial charge in [0, 0.05) is 6.42 Å². The van der Waals surface area contributed by atoms with Gasteiger partial charge < -0.3 is 10.6 Å². The molecule has 1 amide bonds. The first-order chi connectivity index (χ1) is 10.2. The zero-order chi connectivity index (χ0) is 14.7. The molecule has 3 rings (SSSR count). The molecule has 0 aromatic carbocycles. The highest BCUT2D eigenvalue weighted by atomic mass is 35.5. The summed E-state index contributed by atoms with van der Waals surface area (Å²) in [5, 5.41) is 13.8. The molecule has 0 saturated carbocycles. The number of aromatic amines is 1. The molecule has 1 saturated heterocycles. The van der Waals surface area contributed by atoms with Crippen LogP contribution in [0, 0.1) is 11.8 Å². The minimum atomic E-state index is 0. The topological polar surface area (TPSA) is 69.8 Å².